The minimum Gasteiger partial charge on any atom is -0.296 e. The van der Waals surface area contributed by atoms with Crippen molar-refractivity contribution in [2.75, 3.05) is 19.6 Å². The number of hydrogen-bond acceptors (Lipinski definition) is 3. The van der Waals surface area contributed by atoms with Crippen molar-refractivity contribution in [2.24, 2.45) is 0 Å². The van der Waals surface area contributed by atoms with Crippen LogP contribution in [0.3, 0.4) is 0 Å². The van der Waals surface area contributed by atoms with Crippen LogP contribution in [-0.2, 0) is 6.54 Å². The van der Waals surface area contributed by atoms with Crippen molar-refractivity contribution < 1.29 is 0 Å². The third kappa shape index (κ3) is 3.56. The second-order valence-corrected chi connectivity index (χ2v) is 5.73. The highest BCUT2D eigenvalue weighted by Crippen LogP contribution is 2.15. The number of nitrogens with zero attached hydrogens (tertiary/aromatic N) is 3. The molecule has 1 aliphatic rings. The van der Waals surface area contributed by atoms with Gasteiger partial charge in [-0.15, -0.1) is 0 Å². The zero-order valence-electron chi connectivity index (χ0n) is 12.1. The molecule has 19 heavy (non-hydrogen) atoms. The van der Waals surface area contributed by atoms with Crippen molar-refractivity contribution >= 4 is 0 Å². The molecule has 0 radical (unpaired) electrons. The van der Waals surface area contributed by atoms with E-state index in [4.69, 9.17) is 5.26 Å². The van der Waals surface area contributed by atoms with Gasteiger partial charge in [-0.05, 0) is 38.5 Å². The zero-order chi connectivity index (χ0) is 13.8. The molecule has 0 aromatic heterocycles. The van der Waals surface area contributed by atoms with E-state index in [1.807, 2.05) is 18.2 Å². The molecule has 0 amide bonds. The third-order valence-corrected chi connectivity index (χ3v) is 3.89. The maximum atomic E-state index is 8.94. The summed E-state index contributed by atoms with van der Waals surface area (Å²) >= 11 is 0. The Morgan fingerprint density at radius 2 is 2.16 bits per heavy atom. The highest BCUT2D eigenvalue weighted by molar-refractivity contribution is 5.32. The van der Waals surface area contributed by atoms with Gasteiger partial charge in [0.05, 0.1) is 11.6 Å². The van der Waals surface area contributed by atoms with E-state index in [-0.39, 0.29) is 0 Å². The lowest BCUT2D eigenvalue weighted by atomic mass is 10.1. The molecule has 3 heteroatoms. The van der Waals surface area contributed by atoms with Crippen LogP contribution in [0, 0.1) is 11.3 Å². The maximum absolute atomic E-state index is 8.94. The zero-order valence-corrected chi connectivity index (χ0v) is 12.1. The Labute approximate surface area is 116 Å². The number of hydrogen-bond donors (Lipinski definition) is 0. The van der Waals surface area contributed by atoms with E-state index in [1.165, 1.54) is 5.56 Å². The Kier molecular flexibility index (Phi) is 4.57. The van der Waals surface area contributed by atoms with E-state index in [9.17, 15) is 0 Å². The monoisotopic (exact) mass is 257 g/mol. The Morgan fingerprint density at radius 3 is 2.79 bits per heavy atom. The van der Waals surface area contributed by atoms with Crippen LogP contribution in [0.5, 0.6) is 0 Å². The van der Waals surface area contributed by atoms with Crippen LogP contribution in [-0.4, -0.2) is 41.5 Å². The molecule has 1 fully saturated rings. The second-order valence-electron chi connectivity index (χ2n) is 5.73. The summed E-state index contributed by atoms with van der Waals surface area (Å²) < 4.78 is 0. The fraction of sp³-hybridized carbons (Fsp3) is 0.562. The summed E-state index contributed by atoms with van der Waals surface area (Å²) in [6.45, 7) is 11.1. The Balaban J connectivity index is 1.96. The minimum absolute atomic E-state index is 0.605. The van der Waals surface area contributed by atoms with Gasteiger partial charge in [-0.3, -0.25) is 9.80 Å². The molecule has 102 valence electrons. The average molecular weight is 257 g/mol. The van der Waals surface area contributed by atoms with E-state index in [0.29, 0.717) is 12.1 Å². The Bertz CT molecular complexity index is 461. The molecule has 1 aliphatic heterocycles. The van der Waals surface area contributed by atoms with Gasteiger partial charge in [-0.1, -0.05) is 12.1 Å². The van der Waals surface area contributed by atoms with Crippen LogP contribution in [0.4, 0.5) is 0 Å². The van der Waals surface area contributed by atoms with Crippen LogP contribution in [0.25, 0.3) is 0 Å². The van der Waals surface area contributed by atoms with E-state index in [1.54, 1.807) is 0 Å². The molecular weight excluding hydrogens is 234 g/mol. The van der Waals surface area contributed by atoms with Gasteiger partial charge in [0.15, 0.2) is 0 Å². The molecule has 1 saturated heterocycles. The molecule has 1 aromatic rings. The predicted molar refractivity (Wildman–Crippen MR) is 77.7 cm³/mol. The maximum Gasteiger partial charge on any atom is 0.0991 e. The number of rotatable bonds is 3. The Hall–Kier alpha value is -1.37. The van der Waals surface area contributed by atoms with Crippen LogP contribution < -0.4 is 0 Å². The second kappa shape index (κ2) is 6.18. The summed E-state index contributed by atoms with van der Waals surface area (Å²) in [5.41, 5.74) is 2.00. The summed E-state index contributed by atoms with van der Waals surface area (Å²) in [6.07, 6.45) is 0. The first-order chi connectivity index (χ1) is 9.10. The quantitative estimate of drug-likeness (QED) is 0.833. The SMILES string of the molecule is CC(C)N1CCN(Cc2cccc(C#N)c2)C[C@H]1C. The summed E-state index contributed by atoms with van der Waals surface area (Å²) in [7, 11) is 0. The molecule has 1 aromatic carbocycles. The molecule has 0 N–H and O–H groups in total. The summed E-state index contributed by atoms with van der Waals surface area (Å²) in [6, 6.07) is 11.4. The fourth-order valence-electron chi connectivity index (χ4n) is 2.96. The molecule has 2 rings (SSSR count). The first-order valence-electron chi connectivity index (χ1n) is 7.07. The molecule has 0 saturated carbocycles. The first-order valence-corrected chi connectivity index (χ1v) is 7.07. The van der Waals surface area contributed by atoms with Gasteiger partial charge in [0, 0.05) is 38.3 Å². The van der Waals surface area contributed by atoms with Gasteiger partial charge in [0.25, 0.3) is 0 Å². The first kappa shape index (κ1) is 14.0. The van der Waals surface area contributed by atoms with Gasteiger partial charge in [-0.25, -0.2) is 0 Å². The topological polar surface area (TPSA) is 30.3 Å². The summed E-state index contributed by atoms with van der Waals surface area (Å²) in [4.78, 5) is 5.04. The minimum atomic E-state index is 0.605. The van der Waals surface area contributed by atoms with E-state index >= 15 is 0 Å². The smallest absolute Gasteiger partial charge is 0.0991 e. The normalized spacial score (nSPS) is 21.5. The van der Waals surface area contributed by atoms with Crippen molar-refractivity contribution in [1.82, 2.24) is 9.80 Å². The Morgan fingerprint density at radius 1 is 1.37 bits per heavy atom. The third-order valence-electron chi connectivity index (χ3n) is 3.89. The number of nitriles is 1. The van der Waals surface area contributed by atoms with Crippen molar-refractivity contribution in [3.05, 3.63) is 35.4 Å². The van der Waals surface area contributed by atoms with Gasteiger partial charge < -0.3 is 0 Å². The molecule has 1 heterocycles. The summed E-state index contributed by atoms with van der Waals surface area (Å²) in [5, 5.41) is 8.94. The summed E-state index contributed by atoms with van der Waals surface area (Å²) in [5.74, 6) is 0. The number of piperazine rings is 1. The molecule has 0 unspecified atom stereocenters. The van der Waals surface area contributed by atoms with Gasteiger partial charge in [0.2, 0.25) is 0 Å². The van der Waals surface area contributed by atoms with Crippen molar-refractivity contribution in [3.63, 3.8) is 0 Å². The lowest BCUT2D eigenvalue weighted by Crippen LogP contribution is -2.53. The van der Waals surface area contributed by atoms with Gasteiger partial charge in [-0.2, -0.15) is 5.26 Å². The lowest BCUT2D eigenvalue weighted by Gasteiger charge is -2.42. The van der Waals surface area contributed by atoms with Crippen LogP contribution in [0.1, 0.15) is 31.9 Å². The molecule has 0 spiro atoms. The van der Waals surface area contributed by atoms with Crippen LogP contribution in [0.2, 0.25) is 0 Å². The largest absolute Gasteiger partial charge is 0.296 e. The van der Waals surface area contributed by atoms with Crippen molar-refractivity contribution in [2.45, 2.75) is 39.4 Å². The van der Waals surface area contributed by atoms with Gasteiger partial charge in [0.1, 0.15) is 0 Å². The average Bonchev–Trinajstić information content (AvgIpc) is 2.38. The molecule has 3 nitrogen and oxygen atoms in total. The highest BCUT2D eigenvalue weighted by Gasteiger charge is 2.25. The fourth-order valence-corrected chi connectivity index (χ4v) is 2.96. The van der Waals surface area contributed by atoms with Crippen LogP contribution >= 0.6 is 0 Å². The molecular formula is C16H23N3. The number of benzene rings is 1. The highest BCUT2D eigenvalue weighted by atomic mass is 15.3. The van der Waals surface area contributed by atoms with E-state index < -0.39 is 0 Å². The molecule has 0 bridgehead atoms. The van der Waals surface area contributed by atoms with E-state index in [0.717, 1.165) is 31.7 Å². The van der Waals surface area contributed by atoms with Crippen molar-refractivity contribution in [3.8, 4) is 6.07 Å². The standard InChI is InChI=1S/C16H23N3/c1-13(2)19-8-7-18(11-14(19)3)12-16-6-4-5-15(9-16)10-17/h4-6,9,13-14H,7-8,11-12H2,1-3H3/t14-/m1/s1. The van der Waals surface area contributed by atoms with Gasteiger partial charge >= 0.3 is 0 Å². The van der Waals surface area contributed by atoms with Crippen molar-refractivity contribution in [1.29, 1.82) is 5.26 Å². The van der Waals surface area contributed by atoms with E-state index in [2.05, 4.69) is 42.7 Å². The molecule has 1 atom stereocenters. The molecule has 0 aliphatic carbocycles. The van der Waals surface area contributed by atoms with Crippen LogP contribution in [0.15, 0.2) is 24.3 Å². The lowest BCUT2D eigenvalue weighted by molar-refractivity contribution is 0.0564. The predicted octanol–water partition coefficient (Wildman–Crippen LogP) is 2.47.